The molecule has 2 N–H and O–H groups in total. The first-order chi connectivity index (χ1) is 15.2. The van der Waals surface area contributed by atoms with Crippen LogP contribution in [0, 0.1) is 11.3 Å². The Bertz CT molecular complexity index is 1300. The number of nitriles is 1. The van der Waals surface area contributed by atoms with Gasteiger partial charge in [0.25, 0.3) is 0 Å². The lowest BCUT2D eigenvalue weighted by molar-refractivity contribution is 0.343. The molecule has 1 aliphatic rings. The second-order valence-electron chi connectivity index (χ2n) is 7.70. The number of H-pyrrole nitrogens is 1. The summed E-state index contributed by atoms with van der Waals surface area (Å²) in [5.74, 6) is 0. The molecular weight excluding hydrogens is 408 g/mol. The van der Waals surface area contributed by atoms with Gasteiger partial charge >= 0.3 is 0 Å². The third-order valence-corrected chi connectivity index (χ3v) is 6.09. The van der Waals surface area contributed by atoms with Crippen LogP contribution in [0.5, 0.6) is 0 Å². The molecule has 5 rings (SSSR count). The number of nitrogens with zero attached hydrogens (tertiary/aromatic N) is 4. The maximum Gasteiger partial charge on any atom is 0.137 e. The van der Waals surface area contributed by atoms with Crippen molar-refractivity contribution < 1.29 is 0 Å². The Hall–Kier alpha value is -3.40. The molecule has 4 aromatic rings. The molecule has 1 aliphatic heterocycles. The second kappa shape index (κ2) is 8.38. The normalized spacial score (nSPS) is 15.3. The van der Waals surface area contributed by atoms with E-state index in [0.29, 0.717) is 22.2 Å². The Morgan fingerprint density at radius 3 is 2.84 bits per heavy atom. The van der Waals surface area contributed by atoms with Crippen molar-refractivity contribution in [2.24, 2.45) is 0 Å². The van der Waals surface area contributed by atoms with Crippen LogP contribution in [0.2, 0.25) is 5.02 Å². The number of pyridine rings is 1. The number of allylic oxidation sites excluding steroid dienone is 1. The number of nitrogens with one attached hydrogen (secondary N) is 2. The molecular formula is C24H21ClN6. The summed E-state index contributed by atoms with van der Waals surface area (Å²) in [6.07, 6.45) is 11.8. The number of halogens is 1. The maximum absolute atomic E-state index is 9.72. The van der Waals surface area contributed by atoms with Crippen molar-refractivity contribution >= 4 is 34.3 Å². The fraction of sp³-hybridized carbons (Fsp3) is 0.208. The highest BCUT2D eigenvalue weighted by molar-refractivity contribution is 6.32. The van der Waals surface area contributed by atoms with Gasteiger partial charge in [-0.2, -0.15) is 10.4 Å². The lowest BCUT2D eigenvalue weighted by Crippen LogP contribution is -2.29. The lowest BCUT2D eigenvalue weighted by Gasteiger charge is -2.22. The molecule has 1 fully saturated rings. The molecule has 7 heteroatoms. The smallest absolute Gasteiger partial charge is 0.137 e. The number of benzene rings is 1. The summed E-state index contributed by atoms with van der Waals surface area (Å²) in [4.78, 5) is 7.78. The molecule has 0 bridgehead atoms. The average Bonchev–Trinajstić information content (AvgIpc) is 3.46. The van der Waals surface area contributed by atoms with E-state index < -0.39 is 0 Å². The fourth-order valence-corrected chi connectivity index (χ4v) is 4.30. The zero-order valence-corrected chi connectivity index (χ0v) is 17.6. The quantitative estimate of drug-likeness (QED) is 0.444. The van der Waals surface area contributed by atoms with Crippen LogP contribution in [0.15, 0.2) is 55.1 Å². The number of aromatic amines is 1. The van der Waals surface area contributed by atoms with E-state index in [4.69, 9.17) is 11.6 Å². The van der Waals surface area contributed by atoms with Gasteiger partial charge in [-0.25, -0.2) is 4.98 Å². The number of hydrogen-bond donors (Lipinski definition) is 2. The fourth-order valence-electron chi connectivity index (χ4n) is 4.06. The topological polar surface area (TPSA) is 82.3 Å². The number of rotatable bonds is 4. The molecule has 0 radical (unpaired) electrons. The minimum absolute atomic E-state index is 0.436. The first kappa shape index (κ1) is 19.6. The van der Waals surface area contributed by atoms with E-state index >= 15 is 0 Å². The predicted octanol–water partition coefficient (Wildman–Crippen LogP) is 5.07. The second-order valence-corrected chi connectivity index (χ2v) is 8.11. The van der Waals surface area contributed by atoms with E-state index in [1.165, 1.54) is 0 Å². The van der Waals surface area contributed by atoms with Gasteiger partial charge in [-0.1, -0.05) is 29.8 Å². The Labute approximate surface area is 185 Å². The largest absolute Gasteiger partial charge is 0.346 e. The molecule has 0 aliphatic carbocycles. The van der Waals surface area contributed by atoms with Gasteiger partial charge < -0.3 is 10.3 Å². The van der Waals surface area contributed by atoms with Crippen LogP contribution in [-0.2, 0) is 0 Å². The Kier molecular flexibility index (Phi) is 5.29. The highest BCUT2D eigenvalue weighted by Crippen LogP contribution is 2.30. The summed E-state index contributed by atoms with van der Waals surface area (Å²) < 4.78 is 2.07. The molecule has 6 nitrogen and oxygen atoms in total. The Morgan fingerprint density at radius 2 is 2.03 bits per heavy atom. The van der Waals surface area contributed by atoms with Crippen LogP contribution >= 0.6 is 11.6 Å². The molecule has 4 heterocycles. The molecule has 3 aromatic heterocycles. The van der Waals surface area contributed by atoms with E-state index in [1.807, 2.05) is 42.9 Å². The summed E-state index contributed by atoms with van der Waals surface area (Å²) >= 11 is 6.30. The van der Waals surface area contributed by atoms with Crippen molar-refractivity contribution in [1.29, 1.82) is 5.26 Å². The summed E-state index contributed by atoms with van der Waals surface area (Å²) in [7, 11) is 0. The minimum atomic E-state index is 0.436. The van der Waals surface area contributed by atoms with E-state index in [1.54, 1.807) is 6.07 Å². The van der Waals surface area contributed by atoms with Crippen molar-refractivity contribution in [3.8, 4) is 17.2 Å². The van der Waals surface area contributed by atoms with Gasteiger partial charge in [0.1, 0.15) is 5.65 Å². The number of aromatic nitrogens is 4. The highest BCUT2D eigenvalue weighted by atomic mass is 35.5. The van der Waals surface area contributed by atoms with Gasteiger partial charge in [-0.3, -0.25) is 4.68 Å². The molecule has 0 saturated carbocycles. The molecule has 0 unspecified atom stereocenters. The first-order valence-electron chi connectivity index (χ1n) is 10.3. The third-order valence-electron chi connectivity index (χ3n) is 5.77. The zero-order valence-electron chi connectivity index (χ0n) is 16.8. The molecule has 154 valence electrons. The predicted molar refractivity (Wildman–Crippen MR) is 123 cm³/mol. The van der Waals surface area contributed by atoms with Crippen molar-refractivity contribution in [3.05, 3.63) is 71.3 Å². The Morgan fingerprint density at radius 1 is 1.19 bits per heavy atom. The van der Waals surface area contributed by atoms with Crippen LogP contribution in [0.1, 0.15) is 30.0 Å². The number of hydrogen-bond acceptors (Lipinski definition) is 4. The maximum atomic E-state index is 9.72. The van der Waals surface area contributed by atoms with Crippen LogP contribution < -0.4 is 5.32 Å². The Balaban J connectivity index is 1.51. The van der Waals surface area contributed by atoms with Gasteiger partial charge in [0.2, 0.25) is 0 Å². The van der Waals surface area contributed by atoms with Gasteiger partial charge in [0, 0.05) is 51.3 Å². The summed E-state index contributed by atoms with van der Waals surface area (Å²) in [6.45, 7) is 2.05. The first-order valence-corrected chi connectivity index (χ1v) is 10.7. The molecule has 0 atom stereocenters. The van der Waals surface area contributed by atoms with Gasteiger partial charge in [-0.05, 0) is 44.1 Å². The van der Waals surface area contributed by atoms with E-state index in [-0.39, 0.29) is 0 Å². The minimum Gasteiger partial charge on any atom is -0.346 e. The summed E-state index contributed by atoms with van der Waals surface area (Å²) in [5, 5.41) is 19.2. The number of fused-ring (bicyclic) bond motifs is 1. The molecule has 0 spiro atoms. The SMILES string of the molecule is N#C/C(=C\c1c[nH]c2ncc(-c3cnn(C4CCNCC4)c3)cc12)c1ccccc1Cl. The zero-order chi connectivity index (χ0) is 21.2. The van der Waals surface area contributed by atoms with Gasteiger partial charge in [0.05, 0.1) is 23.9 Å². The lowest BCUT2D eigenvalue weighted by atomic mass is 10.0. The van der Waals surface area contributed by atoms with Crippen LogP contribution in [0.3, 0.4) is 0 Å². The van der Waals surface area contributed by atoms with Gasteiger partial charge in [0.15, 0.2) is 0 Å². The third kappa shape index (κ3) is 3.86. The monoisotopic (exact) mass is 428 g/mol. The van der Waals surface area contributed by atoms with Crippen molar-refractivity contribution in [2.45, 2.75) is 18.9 Å². The molecule has 31 heavy (non-hydrogen) atoms. The van der Waals surface area contributed by atoms with Crippen LogP contribution in [0.25, 0.3) is 33.8 Å². The van der Waals surface area contributed by atoms with E-state index in [9.17, 15) is 5.26 Å². The summed E-state index contributed by atoms with van der Waals surface area (Å²) in [5.41, 5.74) is 4.93. The molecule has 1 saturated heterocycles. The van der Waals surface area contributed by atoms with Gasteiger partial charge in [-0.15, -0.1) is 0 Å². The van der Waals surface area contributed by atoms with Crippen molar-refractivity contribution in [2.75, 3.05) is 13.1 Å². The average molecular weight is 429 g/mol. The van der Waals surface area contributed by atoms with E-state index in [0.717, 1.165) is 53.7 Å². The molecule has 0 amide bonds. The number of piperidine rings is 1. The highest BCUT2D eigenvalue weighted by Gasteiger charge is 2.16. The van der Waals surface area contributed by atoms with Crippen LogP contribution in [-0.4, -0.2) is 32.8 Å². The van der Waals surface area contributed by atoms with Crippen LogP contribution in [0.4, 0.5) is 0 Å². The molecule has 1 aromatic carbocycles. The van der Waals surface area contributed by atoms with E-state index in [2.05, 4.69) is 43.4 Å². The van der Waals surface area contributed by atoms with Crippen molar-refractivity contribution in [1.82, 2.24) is 25.1 Å². The summed E-state index contributed by atoms with van der Waals surface area (Å²) in [6, 6.07) is 12.2. The van der Waals surface area contributed by atoms with Crippen molar-refractivity contribution in [3.63, 3.8) is 0 Å². The standard InChI is InChI=1S/C24H21ClN6/c25-23-4-2-1-3-21(23)16(11-26)9-18-13-29-24-22(18)10-17(12-28-24)19-14-30-31(15-19)20-5-7-27-8-6-20/h1-4,9-10,12-15,20,27H,5-8H2,(H,28,29)/b16-9+.